The number of H-pyrrole nitrogens is 1. The zero-order valence-electron chi connectivity index (χ0n) is 10.4. The number of hydrogen-bond donors (Lipinski definition) is 2. The maximum atomic E-state index is 12.1. The zero-order chi connectivity index (χ0) is 12.2. The van der Waals surface area contributed by atoms with Gasteiger partial charge in [-0.05, 0) is 20.4 Å². The van der Waals surface area contributed by atoms with Crippen LogP contribution in [0.3, 0.4) is 0 Å². The van der Waals surface area contributed by atoms with Crippen molar-refractivity contribution in [1.82, 2.24) is 20.4 Å². The summed E-state index contributed by atoms with van der Waals surface area (Å²) < 4.78 is 0. The molecule has 0 fully saturated rings. The number of rotatable bonds is 5. The minimum Gasteiger partial charge on any atom is -0.340 e. The van der Waals surface area contributed by atoms with E-state index in [1.165, 1.54) is 0 Å². The second kappa shape index (κ2) is 5.12. The Kier molecular flexibility index (Phi) is 4.06. The smallest absolute Gasteiger partial charge is 0.242 e. The Morgan fingerprint density at radius 2 is 2.31 bits per heavy atom. The molecular weight excluding hydrogens is 204 g/mol. The molecule has 0 saturated carbocycles. The van der Waals surface area contributed by atoms with Crippen molar-refractivity contribution in [2.45, 2.75) is 32.9 Å². The maximum Gasteiger partial charge on any atom is 0.242 e. The van der Waals surface area contributed by atoms with Crippen LogP contribution in [0.5, 0.6) is 0 Å². The summed E-state index contributed by atoms with van der Waals surface area (Å²) in [7, 11) is 1.80. The number of amides is 1. The lowest BCUT2D eigenvalue weighted by Gasteiger charge is -2.29. The molecule has 90 valence electrons. The van der Waals surface area contributed by atoms with Crippen molar-refractivity contribution in [2.75, 3.05) is 13.6 Å². The molecule has 2 N–H and O–H groups in total. The highest BCUT2D eigenvalue weighted by atomic mass is 16.2. The number of likely N-dealkylation sites (N-methyl/N-ethyl adjacent to an activating group) is 2. The monoisotopic (exact) mass is 224 g/mol. The fraction of sp³-hybridized carbons (Fsp3) is 0.636. The predicted octanol–water partition coefficient (Wildman–Crippen LogP) is 0.756. The van der Waals surface area contributed by atoms with Crippen molar-refractivity contribution in [3.05, 3.63) is 18.0 Å². The highest BCUT2D eigenvalue weighted by Gasteiger charge is 2.29. The van der Waals surface area contributed by atoms with Gasteiger partial charge in [-0.1, -0.05) is 6.92 Å². The van der Waals surface area contributed by atoms with Gasteiger partial charge < -0.3 is 10.2 Å². The first-order valence-corrected chi connectivity index (χ1v) is 5.45. The lowest BCUT2D eigenvalue weighted by atomic mass is 10.0. The van der Waals surface area contributed by atoms with Crippen molar-refractivity contribution in [1.29, 1.82) is 0 Å². The van der Waals surface area contributed by atoms with Crippen LogP contribution in [0, 0.1) is 0 Å². The third-order valence-electron chi connectivity index (χ3n) is 2.47. The summed E-state index contributed by atoms with van der Waals surface area (Å²) in [4.78, 5) is 13.8. The van der Waals surface area contributed by atoms with Crippen LogP contribution >= 0.6 is 0 Å². The first kappa shape index (κ1) is 12.7. The molecule has 5 heteroatoms. The van der Waals surface area contributed by atoms with E-state index in [4.69, 9.17) is 0 Å². The molecule has 0 aliphatic carbocycles. The average molecular weight is 224 g/mol. The quantitative estimate of drug-likeness (QED) is 0.776. The molecule has 5 nitrogen and oxygen atoms in total. The largest absolute Gasteiger partial charge is 0.340 e. The second-order valence-electron chi connectivity index (χ2n) is 4.42. The highest BCUT2D eigenvalue weighted by molar-refractivity contribution is 5.85. The van der Waals surface area contributed by atoms with Crippen LogP contribution in [0.1, 0.15) is 26.3 Å². The van der Waals surface area contributed by atoms with Gasteiger partial charge >= 0.3 is 0 Å². The van der Waals surface area contributed by atoms with Gasteiger partial charge in [-0.2, -0.15) is 5.10 Å². The number of carbonyl (C=O) groups is 1. The lowest BCUT2D eigenvalue weighted by molar-refractivity contribution is -0.136. The van der Waals surface area contributed by atoms with Gasteiger partial charge in [0, 0.05) is 25.4 Å². The number of nitrogens with one attached hydrogen (secondary N) is 2. The van der Waals surface area contributed by atoms with Crippen LogP contribution in [0.15, 0.2) is 12.4 Å². The molecule has 0 unspecified atom stereocenters. The van der Waals surface area contributed by atoms with Crippen molar-refractivity contribution in [3.8, 4) is 0 Å². The molecule has 0 bridgehead atoms. The van der Waals surface area contributed by atoms with E-state index in [0.717, 1.165) is 12.1 Å². The first-order valence-electron chi connectivity index (χ1n) is 5.45. The molecule has 1 heterocycles. The topological polar surface area (TPSA) is 61.0 Å². The Morgan fingerprint density at radius 1 is 1.62 bits per heavy atom. The Hall–Kier alpha value is -1.36. The molecule has 1 aromatic heterocycles. The van der Waals surface area contributed by atoms with Crippen molar-refractivity contribution >= 4 is 5.91 Å². The molecule has 0 radical (unpaired) electrons. The minimum atomic E-state index is -0.521. The molecule has 0 spiro atoms. The molecule has 16 heavy (non-hydrogen) atoms. The summed E-state index contributed by atoms with van der Waals surface area (Å²) in [5, 5.41) is 9.76. The van der Waals surface area contributed by atoms with Gasteiger partial charge in [0.15, 0.2) is 0 Å². The van der Waals surface area contributed by atoms with E-state index in [2.05, 4.69) is 15.5 Å². The summed E-state index contributed by atoms with van der Waals surface area (Å²) >= 11 is 0. The molecule has 1 aromatic rings. The number of carbonyl (C=O) groups excluding carboxylic acids is 1. The summed E-state index contributed by atoms with van der Waals surface area (Å²) in [6, 6.07) is 0. The fourth-order valence-electron chi connectivity index (χ4n) is 1.70. The fourth-order valence-corrected chi connectivity index (χ4v) is 1.70. The van der Waals surface area contributed by atoms with Gasteiger partial charge in [0.2, 0.25) is 5.91 Å². The van der Waals surface area contributed by atoms with Crippen LogP contribution in [-0.2, 0) is 11.3 Å². The van der Waals surface area contributed by atoms with Crippen LogP contribution in [-0.4, -0.2) is 40.1 Å². The number of hydrogen-bond acceptors (Lipinski definition) is 3. The first-order chi connectivity index (χ1) is 7.47. The average Bonchev–Trinajstić information content (AvgIpc) is 2.69. The standard InChI is InChI=1S/C11H20N4O/c1-5-12-11(2,3)10(16)15(4)8-9-6-13-14-7-9/h6-7,12H,5,8H2,1-4H3,(H,13,14). The highest BCUT2D eigenvalue weighted by Crippen LogP contribution is 2.09. The molecular formula is C11H20N4O. The van der Waals surface area contributed by atoms with Crippen LogP contribution in [0.4, 0.5) is 0 Å². The second-order valence-corrected chi connectivity index (χ2v) is 4.42. The van der Waals surface area contributed by atoms with E-state index in [9.17, 15) is 4.79 Å². The van der Waals surface area contributed by atoms with Crippen LogP contribution in [0.25, 0.3) is 0 Å². The van der Waals surface area contributed by atoms with Crippen molar-refractivity contribution in [3.63, 3.8) is 0 Å². The van der Waals surface area contributed by atoms with Crippen molar-refractivity contribution in [2.24, 2.45) is 0 Å². The maximum absolute atomic E-state index is 12.1. The van der Waals surface area contributed by atoms with Gasteiger partial charge in [0.25, 0.3) is 0 Å². The Balaban J connectivity index is 2.60. The molecule has 0 aromatic carbocycles. The van der Waals surface area contributed by atoms with Gasteiger partial charge in [-0.15, -0.1) is 0 Å². The number of nitrogens with zero attached hydrogens (tertiary/aromatic N) is 2. The molecule has 0 aliphatic rings. The number of aromatic nitrogens is 2. The molecule has 1 rings (SSSR count). The lowest BCUT2D eigenvalue weighted by Crippen LogP contribution is -2.52. The van der Waals surface area contributed by atoms with Gasteiger partial charge in [-0.25, -0.2) is 0 Å². The zero-order valence-corrected chi connectivity index (χ0v) is 10.4. The predicted molar refractivity (Wildman–Crippen MR) is 62.8 cm³/mol. The third kappa shape index (κ3) is 3.06. The van der Waals surface area contributed by atoms with Gasteiger partial charge in [-0.3, -0.25) is 9.89 Å². The van der Waals surface area contributed by atoms with E-state index in [0.29, 0.717) is 6.54 Å². The van der Waals surface area contributed by atoms with E-state index in [1.807, 2.05) is 20.8 Å². The van der Waals surface area contributed by atoms with Crippen LogP contribution in [0.2, 0.25) is 0 Å². The third-order valence-corrected chi connectivity index (χ3v) is 2.47. The summed E-state index contributed by atoms with van der Waals surface area (Å²) in [5.41, 5.74) is 0.482. The van der Waals surface area contributed by atoms with Crippen LogP contribution < -0.4 is 5.32 Å². The summed E-state index contributed by atoms with van der Waals surface area (Å²) in [6.07, 6.45) is 3.52. The van der Waals surface area contributed by atoms with E-state index < -0.39 is 5.54 Å². The van der Waals surface area contributed by atoms with Gasteiger partial charge in [0.05, 0.1) is 11.7 Å². The molecule has 0 saturated heterocycles. The number of aromatic amines is 1. The molecule has 1 amide bonds. The molecule has 0 aliphatic heterocycles. The van der Waals surface area contributed by atoms with E-state index >= 15 is 0 Å². The van der Waals surface area contributed by atoms with E-state index in [-0.39, 0.29) is 5.91 Å². The Morgan fingerprint density at radius 3 is 2.81 bits per heavy atom. The van der Waals surface area contributed by atoms with Crippen molar-refractivity contribution < 1.29 is 4.79 Å². The van der Waals surface area contributed by atoms with Gasteiger partial charge in [0.1, 0.15) is 0 Å². The van der Waals surface area contributed by atoms with E-state index in [1.54, 1.807) is 24.3 Å². The SMILES string of the molecule is CCNC(C)(C)C(=O)N(C)Cc1cn[nH]c1. The Bertz CT molecular complexity index is 332. The normalized spacial score (nSPS) is 11.5. The molecule has 0 atom stereocenters. The minimum absolute atomic E-state index is 0.0792. The Labute approximate surface area is 96.2 Å². The summed E-state index contributed by atoms with van der Waals surface area (Å²) in [6.45, 7) is 7.13. The summed E-state index contributed by atoms with van der Waals surface area (Å²) in [5.74, 6) is 0.0792.